The third-order valence-corrected chi connectivity index (χ3v) is 4.70. The Bertz CT molecular complexity index is 813. The van der Waals surface area contributed by atoms with Crippen LogP contribution in [0.15, 0.2) is 39.9 Å². The van der Waals surface area contributed by atoms with E-state index in [0.717, 1.165) is 44.3 Å². The molecule has 0 spiro atoms. The maximum atomic E-state index is 11.1. The molecule has 1 aliphatic rings. The Morgan fingerprint density at radius 2 is 2.07 bits per heavy atom. The van der Waals surface area contributed by atoms with Crippen LogP contribution < -0.4 is 21.3 Å². The SMILES string of the molecule is CCNC(=NCc1ccc(C(N)=O)o1)NC1CCN(c2ccc(C)cn2)CC1.I. The molecule has 158 valence electrons. The van der Waals surface area contributed by atoms with Crippen LogP contribution in [0.1, 0.15) is 41.6 Å². The fourth-order valence-corrected chi connectivity index (χ4v) is 3.17. The topological polar surface area (TPSA) is 109 Å². The zero-order valence-corrected chi connectivity index (χ0v) is 19.2. The number of guanidine groups is 1. The average Bonchev–Trinajstić information content (AvgIpc) is 3.17. The average molecular weight is 512 g/mol. The van der Waals surface area contributed by atoms with Gasteiger partial charge in [-0.05, 0) is 50.5 Å². The highest BCUT2D eigenvalue weighted by Crippen LogP contribution is 2.18. The zero-order valence-electron chi connectivity index (χ0n) is 16.9. The lowest BCUT2D eigenvalue weighted by Gasteiger charge is -2.33. The van der Waals surface area contributed by atoms with Crippen molar-refractivity contribution in [2.24, 2.45) is 10.7 Å². The number of furan rings is 1. The van der Waals surface area contributed by atoms with Crippen molar-refractivity contribution in [3.63, 3.8) is 0 Å². The molecule has 0 bridgehead atoms. The first-order valence-electron chi connectivity index (χ1n) is 9.66. The van der Waals surface area contributed by atoms with E-state index < -0.39 is 5.91 Å². The van der Waals surface area contributed by atoms with Crippen LogP contribution in [-0.4, -0.2) is 42.5 Å². The summed E-state index contributed by atoms with van der Waals surface area (Å²) >= 11 is 0. The fraction of sp³-hybridized carbons (Fsp3) is 0.450. The number of aryl methyl sites for hydroxylation is 1. The van der Waals surface area contributed by atoms with Crippen LogP contribution in [0.25, 0.3) is 0 Å². The molecule has 8 nitrogen and oxygen atoms in total. The second kappa shape index (κ2) is 11.0. The highest BCUT2D eigenvalue weighted by Gasteiger charge is 2.21. The number of hydrogen-bond donors (Lipinski definition) is 3. The van der Waals surface area contributed by atoms with Crippen LogP contribution in [0, 0.1) is 6.92 Å². The number of amides is 1. The van der Waals surface area contributed by atoms with Crippen LogP contribution in [0.3, 0.4) is 0 Å². The predicted molar refractivity (Wildman–Crippen MR) is 125 cm³/mol. The summed E-state index contributed by atoms with van der Waals surface area (Å²) in [7, 11) is 0. The Balaban J connectivity index is 0.00000300. The van der Waals surface area contributed by atoms with Crippen molar-refractivity contribution < 1.29 is 9.21 Å². The number of piperidine rings is 1. The van der Waals surface area contributed by atoms with Crippen LogP contribution in [0.4, 0.5) is 5.82 Å². The highest BCUT2D eigenvalue weighted by atomic mass is 127. The minimum absolute atomic E-state index is 0. The van der Waals surface area contributed by atoms with Crippen molar-refractivity contribution in [2.45, 2.75) is 39.3 Å². The third kappa shape index (κ3) is 6.62. The molecule has 29 heavy (non-hydrogen) atoms. The van der Waals surface area contributed by atoms with Crippen molar-refractivity contribution in [1.29, 1.82) is 0 Å². The van der Waals surface area contributed by atoms with Gasteiger partial charge in [0, 0.05) is 31.9 Å². The summed E-state index contributed by atoms with van der Waals surface area (Å²) in [5.41, 5.74) is 6.39. The molecular formula is C20H29IN6O2. The van der Waals surface area contributed by atoms with E-state index in [1.54, 1.807) is 12.1 Å². The van der Waals surface area contributed by atoms with Crippen molar-refractivity contribution in [3.8, 4) is 0 Å². The normalized spacial score (nSPS) is 15.0. The van der Waals surface area contributed by atoms with Crippen LogP contribution in [0.2, 0.25) is 0 Å². The molecule has 9 heteroatoms. The Morgan fingerprint density at radius 3 is 2.66 bits per heavy atom. The van der Waals surface area contributed by atoms with Crippen LogP contribution >= 0.6 is 24.0 Å². The quantitative estimate of drug-likeness (QED) is 0.312. The van der Waals surface area contributed by atoms with Gasteiger partial charge in [-0.15, -0.1) is 24.0 Å². The largest absolute Gasteiger partial charge is 0.454 e. The lowest BCUT2D eigenvalue weighted by atomic mass is 10.1. The summed E-state index contributed by atoms with van der Waals surface area (Å²) in [6.07, 6.45) is 3.92. The van der Waals surface area contributed by atoms with Gasteiger partial charge in [-0.2, -0.15) is 0 Å². The van der Waals surface area contributed by atoms with E-state index in [2.05, 4.69) is 37.6 Å². The molecule has 1 aliphatic heterocycles. The lowest BCUT2D eigenvalue weighted by Crippen LogP contribution is -2.48. The smallest absolute Gasteiger partial charge is 0.284 e. The third-order valence-electron chi connectivity index (χ3n) is 4.70. The van der Waals surface area contributed by atoms with Gasteiger partial charge in [-0.25, -0.2) is 9.98 Å². The Kier molecular flexibility index (Phi) is 8.74. The van der Waals surface area contributed by atoms with Gasteiger partial charge in [0.15, 0.2) is 11.7 Å². The fourth-order valence-electron chi connectivity index (χ4n) is 3.17. The molecule has 0 radical (unpaired) electrons. The number of anilines is 1. The van der Waals surface area contributed by atoms with E-state index in [1.165, 1.54) is 5.56 Å². The number of nitrogens with zero attached hydrogens (tertiary/aromatic N) is 3. The van der Waals surface area contributed by atoms with Gasteiger partial charge < -0.3 is 25.7 Å². The first-order valence-corrected chi connectivity index (χ1v) is 9.66. The lowest BCUT2D eigenvalue weighted by molar-refractivity contribution is 0.0972. The van der Waals surface area contributed by atoms with Crippen molar-refractivity contribution in [2.75, 3.05) is 24.5 Å². The predicted octanol–water partition coefficient (Wildman–Crippen LogP) is 2.42. The number of carbonyl (C=O) groups excluding carboxylic acids is 1. The minimum atomic E-state index is -0.574. The standard InChI is InChI=1S/C20H28N6O2.HI/c1-3-22-20(24-13-16-5-6-17(28-16)19(21)27)25-15-8-10-26(11-9-15)18-7-4-14(2)12-23-18;/h4-7,12,15H,3,8-11,13H2,1-2H3,(H2,21,27)(H2,22,24,25);1H. The molecule has 0 aliphatic carbocycles. The van der Waals surface area contributed by atoms with Gasteiger partial charge in [0.2, 0.25) is 0 Å². The number of carbonyl (C=O) groups is 1. The number of nitrogens with two attached hydrogens (primary N) is 1. The van der Waals surface area contributed by atoms with Gasteiger partial charge in [-0.3, -0.25) is 4.79 Å². The molecule has 4 N–H and O–H groups in total. The Hall–Kier alpha value is -2.30. The molecule has 2 aromatic heterocycles. The molecule has 0 unspecified atom stereocenters. The van der Waals surface area contributed by atoms with Gasteiger partial charge in [0.05, 0.1) is 0 Å². The first-order chi connectivity index (χ1) is 13.5. The maximum Gasteiger partial charge on any atom is 0.284 e. The highest BCUT2D eigenvalue weighted by molar-refractivity contribution is 14.0. The van der Waals surface area contributed by atoms with E-state index in [0.29, 0.717) is 18.3 Å². The minimum Gasteiger partial charge on any atom is -0.454 e. The van der Waals surface area contributed by atoms with Gasteiger partial charge in [0.25, 0.3) is 5.91 Å². The molecule has 1 saturated heterocycles. The zero-order chi connectivity index (χ0) is 19.9. The molecule has 3 heterocycles. The summed E-state index contributed by atoms with van der Waals surface area (Å²) in [6.45, 7) is 7.09. The van der Waals surface area contributed by atoms with Gasteiger partial charge in [0.1, 0.15) is 18.1 Å². The first kappa shape index (κ1) is 23.0. The van der Waals surface area contributed by atoms with E-state index >= 15 is 0 Å². The Labute approximate surface area is 188 Å². The van der Waals surface area contributed by atoms with Gasteiger partial charge >= 0.3 is 0 Å². The van der Waals surface area contributed by atoms with Gasteiger partial charge in [-0.1, -0.05) is 6.07 Å². The summed E-state index contributed by atoms with van der Waals surface area (Å²) in [4.78, 5) is 22.5. The molecule has 1 fully saturated rings. The van der Waals surface area contributed by atoms with Crippen LogP contribution in [0.5, 0.6) is 0 Å². The van der Waals surface area contributed by atoms with E-state index in [1.807, 2.05) is 20.0 Å². The maximum absolute atomic E-state index is 11.1. The summed E-state index contributed by atoms with van der Waals surface area (Å²) in [5, 5.41) is 6.75. The second-order valence-corrected chi connectivity index (χ2v) is 6.92. The van der Waals surface area contributed by atoms with Crippen molar-refractivity contribution in [1.82, 2.24) is 15.6 Å². The van der Waals surface area contributed by atoms with E-state index in [4.69, 9.17) is 10.2 Å². The second-order valence-electron chi connectivity index (χ2n) is 6.92. The molecule has 3 rings (SSSR count). The molecular weight excluding hydrogens is 483 g/mol. The number of pyridine rings is 1. The number of aliphatic imine (C=N–C) groups is 1. The summed E-state index contributed by atoms with van der Waals surface area (Å²) in [6, 6.07) is 7.82. The molecule has 1 amide bonds. The number of rotatable bonds is 6. The van der Waals surface area contributed by atoms with Crippen LogP contribution in [-0.2, 0) is 6.54 Å². The molecule has 0 aromatic carbocycles. The summed E-state index contributed by atoms with van der Waals surface area (Å²) in [5.74, 6) is 1.96. The molecule has 2 aromatic rings. The van der Waals surface area contributed by atoms with E-state index in [-0.39, 0.29) is 29.7 Å². The Morgan fingerprint density at radius 1 is 1.31 bits per heavy atom. The van der Waals surface area contributed by atoms with Crippen molar-refractivity contribution in [3.05, 3.63) is 47.5 Å². The van der Waals surface area contributed by atoms with Crippen molar-refractivity contribution >= 4 is 41.7 Å². The number of primary amides is 1. The number of aromatic nitrogens is 1. The molecule has 0 saturated carbocycles. The number of nitrogens with one attached hydrogen (secondary N) is 2. The monoisotopic (exact) mass is 512 g/mol. The number of halogens is 1. The summed E-state index contributed by atoms with van der Waals surface area (Å²) < 4.78 is 5.38. The molecule has 0 atom stereocenters. The number of hydrogen-bond acceptors (Lipinski definition) is 5. The van der Waals surface area contributed by atoms with E-state index in [9.17, 15) is 4.79 Å².